The van der Waals surface area contributed by atoms with Gasteiger partial charge in [-0.25, -0.2) is 0 Å². The molecule has 1 saturated carbocycles. The van der Waals surface area contributed by atoms with E-state index in [9.17, 15) is 4.79 Å². The van der Waals surface area contributed by atoms with Crippen LogP contribution in [-0.2, 0) is 4.79 Å². The second kappa shape index (κ2) is 1.72. The predicted molar refractivity (Wildman–Crippen MR) is 34.1 cm³/mol. The lowest BCUT2D eigenvalue weighted by Gasteiger charge is -2.41. The maximum Gasteiger partial charge on any atom is 0.309 e. The third-order valence-corrected chi connectivity index (χ3v) is 2.67. The van der Waals surface area contributed by atoms with Crippen LogP contribution in [-0.4, -0.2) is 11.1 Å². The number of carbonyl (C=O) groups is 1. The standard InChI is InChI=1S/C7H12O2/c1-5-3-4-7(5,2)6(8)9/h5H,3-4H2,1-2H3,(H,8,9). The van der Waals surface area contributed by atoms with E-state index in [-0.39, 0.29) is 0 Å². The number of carboxylic acids is 1. The summed E-state index contributed by atoms with van der Waals surface area (Å²) in [7, 11) is 0. The van der Waals surface area contributed by atoms with Crippen LogP contribution in [0.4, 0.5) is 0 Å². The Labute approximate surface area is 54.9 Å². The highest BCUT2D eigenvalue weighted by Gasteiger charge is 2.45. The molecule has 0 aromatic carbocycles. The van der Waals surface area contributed by atoms with E-state index in [1.807, 2.05) is 13.8 Å². The second-order valence-corrected chi connectivity index (χ2v) is 3.16. The van der Waals surface area contributed by atoms with Gasteiger partial charge in [0, 0.05) is 0 Å². The molecule has 1 aliphatic rings. The van der Waals surface area contributed by atoms with Gasteiger partial charge in [0.15, 0.2) is 0 Å². The van der Waals surface area contributed by atoms with Gasteiger partial charge in [-0.15, -0.1) is 0 Å². The van der Waals surface area contributed by atoms with Crippen LogP contribution in [0.25, 0.3) is 0 Å². The number of hydrogen-bond donors (Lipinski definition) is 1. The largest absolute Gasteiger partial charge is 0.481 e. The predicted octanol–water partition coefficient (Wildman–Crippen LogP) is 1.51. The average Bonchev–Trinajstić information content (AvgIpc) is 1.82. The van der Waals surface area contributed by atoms with E-state index in [2.05, 4.69) is 0 Å². The summed E-state index contributed by atoms with van der Waals surface area (Å²) in [6.45, 7) is 3.82. The molecule has 1 aliphatic carbocycles. The van der Waals surface area contributed by atoms with Crippen molar-refractivity contribution in [3.8, 4) is 0 Å². The summed E-state index contributed by atoms with van der Waals surface area (Å²) >= 11 is 0. The Hall–Kier alpha value is -0.530. The molecule has 0 aromatic heterocycles. The van der Waals surface area contributed by atoms with Gasteiger partial charge in [-0.1, -0.05) is 6.92 Å². The first-order chi connectivity index (χ1) is 4.07. The summed E-state index contributed by atoms with van der Waals surface area (Å²) in [6, 6.07) is 0. The molecule has 52 valence electrons. The van der Waals surface area contributed by atoms with Crippen molar-refractivity contribution in [2.75, 3.05) is 0 Å². The van der Waals surface area contributed by atoms with E-state index in [1.54, 1.807) is 0 Å². The van der Waals surface area contributed by atoms with Crippen LogP contribution >= 0.6 is 0 Å². The topological polar surface area (TPSA) is 37.3 Å². The SMILES string of the molecule is CC1CCC1(C)C(=O)O. The van der Waals surface area contributed by atoms with Gasteiger partial charge in [-0.3, -0.25) is 4.79 Å². The van der Waals surface area contributed by atoms with Gasteiger partial charge in [0.2, 0.25) is 0 Å². The molecule has 2 heteroatoms. The highest BCUT2D eigenvalue weighted by Crippen LogP contribution is 2.45. The third kappa shape index (κ3) is 0.732. The number of rotatable bonds is 1. The molecule has 1 rings (SSSR count). The molecule has 2 nitrogen and oxygen atoms in total. The Balaban J connectivity index is 2.64. The van der Waals surface area contributed by atoms with Crippen LogP contribution in [0.5, 0.6) is 0 Å². The molecule has 0 saturated heterocycles. The zero-order valence-corrected chi connectivity index (χ0v) is 5.85. The molecule has 0 heterocycles. The summed E-state index contributed by atoms with van der Waals surface area (Å²) in [4.78, 5) is 10.5. The fourth-order valence-electron chi connectivity index (χ4n) is 1.18. The summed E-state index contributed by atoms with van der Waals surface area (Å²) in [5.74, 6) is -0.267. The molecular weight excluding hydrogens is 116 g/mol. The molecule has 0 amide bonds. The first kappa shape index (κ1) is 6.59. The van der Waals surface area contributed by atoms with Crippen molar-refractivity contribution in [1.82, 2.24) is 0 Å². The summed E-state index contributed by atoms with van der Waals surface area (Å²) in [6.07, 6.45) is 1.92. The van der Waals surface area contributed by atoms with Gasteiger partial charge in [0.1, 0.15) is 0 Å². The van der Waals surface area contributed by atoms with Crippen LogP contribution in [0, 0.1) is 11.3 Å². The molecule has 0 radical (unpaired) electrons. The monoisotopic (exact) mass is 128 g/mol. The molecule has 1 N–H and O–H groups in total. The molecule has 2 unspecified atom stereocenters. The first-order valence-electron chi connectivity index (χ1n) is 3.31. The van der Waals surface area contributed by atoms with Crippen molar-refractivity contribution < 1.29 is 9.90 Å². The molecule has 2 atom stereocenters. The molecular formula is C7H12O2. The van der Waals surface area contributed by atoms with Crippen molar-refractivity contribution >= 4 is 5.97 Å². The highest BCUT2D eigenvalue weighted by atomic mass is 16.4. The van der Waals surface area contributed by atoms with Gasteiger partial charge in [-0.2, -0.15) is 0 Å². The van der Waals surface area contributed by atoms with E-state index in [0.29, 0.717) is 5.92 Å². The maximum atomic E-state index is 10.5. The summed E-state index contributed by atoms with van der Waals surface area (Å²) in [5, 5.41) is 8.66. The van der Waals surface area contributed by atoms with E-state index < -0.39 is 11.4 Å². The van der Waals surface area contributed by atoms with E-state index in [1.165, 1.54) is 0 Å². The third-order valence-electron chi connectivity index (χ3n) is 2.67. The first-order valence-corrected chi connectivity index (χ1v) is 3.31. The number of aliphatic carboxylic acids is 1. The van der Waals surface area contributed by atoms with E-state index in [4.69, 9.17) is 5.11 Å². The molecule has 1 fully saturated rings. The number of carboxylic acid groups (broad SMARTS) is 1. The fourth-order valence-corrected chi connectivity index (χ4v) is 1.18. The van der Waals surface area contributed by atoms with E-state index >= 15 is 0 Å². The lowest BCUT2D eigenvalue weighted by molar-refractivity contribution is -0.158. The zero-order valence-electron chi connectivity index (χ0n) is 5.85. The molecule has 0 aliphatic heterocycles. The molecule has 0 aromatic rings. The Morgan fingerprint density at radius 3 is 2.33 bits per heavy atom. The average molecular weight is 128 g/mol. The van der Waals surface area contributed by atoms with Crippen molar-refractivity contribution in [3.05, 3.63) is 0 Å². The quantitative estimate of drug-likeness (QED) is 0.581. The Bertz CT molecular complexity index is 142. The lowest BCUT2D eigenvalue weighted by Crippen LogP contribution is -2.42. The zero-order chi connectivity index (χ0) is 7.07. The minimum absolute atomic E-state index is 0.370. The van der Waals surface area contributed by atoms with Gasteiger partial charge < -0.3 is 5.11 Å². The van der Waals surface area contributed by atoms with Gasteiger partial charge in [-0.05, 0) is 25.7 Å². The summed E-state index contributed by atoms with van der Waals surface area (Å²) < 4.78 is 0. The summed E-state index contributed by atoms with van der Waals surface area (Å²) in [5.41, 5.74) is -0.403. The van der Waals surface area contributed by atoms with Gasteiger partial charge >= 0.3 is 5.97 Å². The Morgan fingerprint density at radius 1 is 1.78 bits per heavy atom. The lowest BCUT2D eigenvalue weighted by atomic mass is 9.62. The van der Waals surface area contributed by atoms with Gasteiger partial charge in [0.25, 0.3) is 0 Å². The van der Waals surface area contributed by atoms with Crippen molar-refractivity contribution in [3.63, 3.8) is 0 Å². The van der Waals surface area contributed by atoms with Crippen molar-refractivity contribution in [2.45, 2.75) is 26.7 Å². The van der Waals surface area contributed by atoms with Crippen LogP contribution in [0.15, 0.2) is 0 Å². The molecule has 9 heavy (non-hydrogen) atoms. The van der Waals surface area contributed by atoms with Gasteiger partial charge in [0.05, 0.1) is 5.41 Å². The normalized spacial score (nSPS) is 41.8. The maximum absolute atomic E-state index is 10.5. The second-order valence-electron chi connectivity index (χ2n) is 3.16. The van der Waals surface area contributed by atoms with Crippen LogP contribution < -0.4 is 0 Å². The highest BCUT2D eigenvalue weighted by molar-refractivity contribution is 5.75. The minimum Gasteiger partial charge on any atom is -0.481 e. The van der Waals surface area contributed by atoms with Crippen LogP contribution in [0.3, 0.4) is 0 Å². The Kier molecular flexibility index (Phi) is 1.26. The smallest absolute Gasteiger partial charge is 0.309 e. The minimum atomic E-state index is -0.638. The molecule has 0 bridgehead atoms. The van der Waals surface area contributed by atoms with Crippen LogP contribution in [0.2, 0.25) is 0 Å². The number of hydrogen-bond acceptors (Lipinski definition) is 1. The van der Waals surface area contributed by atoms with Crippen LogP contribution in [0.1, 0.15) is 26.7 Å². The fraction of sp³-hybridized carbons (Fsp3) is 0.857. The molecule has 0 spiro atoms. The van der Waals surface area contributed by atoms with Crippen molar-refractivity contribution in [2.24, 2.45) is 11.3 Å². The van der Waals surface area contributed by atoms with Crippen molar-refractivity contribution in [1.29, 1.82) is 0 Å². The Morgan fingerprint density at radius 2 is 2.33 bits per heavy atom. The van der Waals surface area contributed by atoms with E-state index in [0.717, 1.165) is 12.8 Å².